The molecule has 1 saturated heterocycles. The van der Waals surface area contributed by atoms with Crippen LogP contribution in [0.4, 0.5) is 11.4 Å². The highest BCUT2D eigenvalue weighted by Crippen LogP contribution is 2.53. The van der Waals surface area contributed by atoms with Gasteiger partial charge in [-0.25, -0.2) is 0 Å². The van der Waals surface area contributed by atoms with Gasteiger partial charge in [-0.1, -0.05) is 50.3 Å². The number of nitrogens with zero attached hydrogens (tertiary/aromatic N) is 2. The monoisotopic (exact) mass is 375 g/mol. The fraction of sp³-hybridized carbons (Fsp3) is 0.375. The average Bonchev–Trinajstić information content (AvgIpc) is 2.85. The fourth-order valence-electron chi connectivity index (χ4n) is 4.76. The molecule has 28 heavy (non-hydrogen) atoms. The van der Waals surface area contributed by atoms with Crippen LogP contribution < -0.4 is 15.1 Å². The van der Waals surface area contributed by atoms with Crippen molar-refractivity contribution in [1.29, 1.82) is 0 Å². The molecule has 4 nitrogen and oxygen atoms in total. The van der Waals surface area contributed by atoms with Crippen LogP contribution in [-0.4, -0.2) is 31.7 Å². The van der Waals surface area contributed by atoms with Crippen molar-refractivity contribution in [2.45, 2.75) is 44.3 Å². The van der Waals surface area contributed by atoms with Gasteiger partial charge in [-0.3, -0.25) is 4.79 Å². The molecular formula is C24H29N3O. The summed E-state index contributed by atoms with van der Waals surface area (Å²) in [4.78, 5) is 17.1. The first-order chi connectivity index (χ1) is 13.3. The summed E-state index contributed by atoms with van der Waals surface area (Å²) in [5.74, 6) is 0.109. The largest absolute Gasteiger partial charge is 0.378 e. The third-order valence-electron chi connectivity index (χ3n) is 6.35. The summed E-state index contributed by atoms with van der Waals surface area (Å²) in [7, 11) is 4.08. The SMILES string of the molecule is C[C@H]1CC(=O)N[C@]2(/C=C/c3ccc(N(C)C)cc3)N1c1ccccc1C2(C)C. The van der Waals surface area contributed by atoms with Crippen molar-refractivity contribution in [3.63, 3.8) is 0 Å². The first-order valence-electron chi connectivity index (χ1n) is 9.93. The first-order valence-corrected chi connectivity index (χ1v) is 9.93. The molecule has 4 rings (SSSR count). The second-order valence-corrected chi connectivity index (χ2v) is 8.70. The molecule has 2 aromatic rings. The second kappa shape index (κ2) is 6.40. The Morgan fingerprint density at radius 1 is 1.11 bits per heavy atom. The van der Waals surface area contributed by atoms with Crippen LogP contribution in [0.5, 0.6) is 0 Å². The predicted octanol–water partition coefficient (Wildman–Crippen LogP) is 4.17. The van der Waals surface area contributed by atoms with Crippen LogP contribution in [0.15, 0.2) is 54.6 Å². The van der Waals surface area contributed by atoms with Gasteiger partial charge in [0.2, 0.25) is 5.91 Å². The molecule has 2 aromatic carbocycles. The molecule has 2 heterocycles. The predicted molar refractivity (Wildman–Crippen MR) is 117 cm³/mol. The van der Waals surface area contributed by atoms with E-state index < -0.39 is 5.66 Å². The molecule has 0 saturated carbocycles. The molecule has 1 N–H and O–H groups in total. The van der Waals surface area contributed by atoms with E-state index >= 15 is 0 Å². The van der Waals surface area contributed by atoms with E-state index in [0.717, 1.165) is 5.56 Å². The van der Waals surface area contributed by atoms with Crippen molar-refractivity contribution in [2.24, 2.45) is 0 Å². The molecule has 2 aliphatic rings. The Balaban J connectivity index is 1.80. The molecule has 2 atom stereocenters. The highest BCUT2D eigenvalue weighted by molar-refractivity contribution is 5.85. The number of anilines is 2. The lowest BCUT2D eigenvalue weighted by atomic mass is 9.74. The van der Waals surface area contributed by atoms with Crippen LogP contribution in [0.25, 0.3) is 6.08 Å². The zero-order valence-corrected chi connectivity index (χ0v) is 17.4. The van der Waals surface area contributed by atoms with Gasteiger partial charge in [0.15, 0.2) is 0 Å². The van der Waals surface area contributed by atoms with Gasteiger partial charge in [0.25, 0.3) is 0 Å². The molecule has 4 heteroatoms. The van der Waals surface area contributed by atoms with Gasteiger partial charge in [-0.15, -0.1) is 0 Å². The van der Waals surface area contributed by atoms with E-state index in [0.29, 0.717) is 6.42 Å². The summed E-state index contributed by atoms with van der Waals surface area (Å²) in [6, 6.07) is 17.1. The van der Waals surface area contributed by atoms with Crippen molar-refractivity contribution in [3.8, 4) is 0 Å². The maximum atomic E-state index is 12.6. The number of para-hydroxylation sites is 1. The minimum absolute atomic E-state index is 0.109. The van der Waals surface area contributed by atoms with Gasteiger partial charge in [-0.05, 0) is 42.3 Å². The van der Waals surface area contributed by atoms with Crippen LogP contribution >= 0.6 is 0 Å². The highest BCUT2D eigenvalue weighted by atomic mass is 16.2. The van der Waals surface area contributed by atoms with E-state index in [-0.39, 0.29) is 17.4 Å². The fourth-order valence-corrected chi connectivity index (χ4v) is 4.76. The van der Waals surface area contributed by atoms with E-state index in [9.17, 15) is 4.79 Å². The Labute approximate surface area is 167 Å². The number of fused-ring (bicyclic) bond motifs is 3. The molecule has 1 amide bonds. The molecule has 2 aliphatic heterocycles. The number of amides is 1. The van der Waals surface area contributed by atoms with Crippen LogP contribution in [0.3, 0.4) is 0 Å². The van der Waals surface area contributed by atoms with Gasteiger partial charge < -0.3 is 15.1 Å². The highest BCUT2D eigenvalue weighted by Gasteiger charge is 2.59. The molecule has 0 unspecified atom stereocenters. The Morgan fingerprint density at radius 3 is 2.46 bits per heavy atom. The number of carbonyl (C=O) groups excluding carboxylic acids is 1. The van der Waals surface area contributed by atoms with Gasteiger partial charge in [0, 0.05) is 43.3 Å². The second-order valence-electron chi connectivity index (χ2n) is 8.70. The van der Waals surface area contributed by atoms with Crippen molar-refractivity contribution < 1.29 is 4.79 Å². The molecular weight excluding hydrogens is 346 g/mol. The molecule has 0 radical (unpaired) electrons. The van der Waals surface area contributed by atoms with E-state index in [1.807, 2.05) is 14.1 Å². The zero-order chi connectivity index (χ0) is 20.1. The van der Waals surface area contributed by atoms with Crippen LogP contribution in [0.1, 0.15) is 38.3 Å². The van der Waals surface area contributed by atoms with Crippen molar-refractivity contribution in [2.75, 3.05) is 23.9 Å². The molecule has 0 bridgehead atoms. The average molecular weight is 376 g/mol. The summed E-state index contributed by atoms with van der Waals surface area (Å²) in [6.07, 6.45) is 4.83. The minimum atomic E-state index is -0.578. The van der Waals surface area contributed by atoms with E-state index in [4.69, 9.17) is 0 Å². The molecule has 0 aromatic heterocycles. The third-order valence-corrected chi connectivity index (χ3v) is 6.35. The number of hydrogen-bond donors (Lipinski definition) is 1. The van der Waals surface area contributed by atoms with Crippen LogP contribution in [0, 0.1) is 0 Å². The van der Waals surface area contributed by atoms with Gasteiger partial charge >= 0.3 is 0 Å². The van der Waals surface area contributed by atoms with Gasteiger partial charge in [0.05, 0.1) is 0 Å². The number of carbonyl (C=O) groups is 1. The maximum Gasteiger partial charge on any atom is 0.224 e. The number of hydrogen-bond acceptors (Lipinski definition) is 3. The Hall–Kier alpha value is -2.75. The summed E-state index contributed by atoms with van der Waals surface area (Å²) in [5, 5.41) is 3.35. The van der Waals surface area contributed by atoms with E-state index in [1.54, 1.807) is 0 Å². The van der Waals surface area contributed by atoms with Crippen molar-refractivity contribution >= 4 is 23.4 Å². The normalized spacial score (nSPS) is 25.4. The van der Waals surface area contributed by atoms with E-state index in [2.05, 4.69) is 96.6 Å². The lowest BCUT2D eigenvalue weighted by molar-refractivity contribution is -0.125. The number of nitrogens with one attached hydrogen (secondary N) is 1. The summed E-state index contributed by atoms with van der Waals surface area (Å²) in [5.41, 5.74) is 3.95. The van der Waals surface area contributed by atoms with Crippen LogP contribution in [-0.2, 0) is 10.2 Å². The van der Waals surface area contributed by atoms with Gasteiger partial charge in [-0.2, -0.15) is 0 Å². The third kappa shape index (κ3) is 2.62. The number of rotatable bonds is 3. The Kier molecular flexibility index (Phi) is 4.25. The topological polar surface area (TPSA) is 35.6 Å². The van der Waals surface area contributed by atoms with Crippen molar-refractivity contribution in [3.05, 3.63) is 65.7 Å². The lowest BCUT2D eigenvalue weighted by Gasteiger charge is -2.51. The molecule has 0 spiro atoms. The summed E-state index contributed by atoms with van der Waals surface area (Å²) in [6.45, 7) is 6.60. The van der Waals surface area contributed by atoms with Crippen molar-refractivity contribution in [1.82, 2.24) is 5.32 Å². The Morgan fingerprint density at radius 2 is 1.79 bits per heavy atom. The number of benzene rings is 2. The zero-order valence-electron chi connectivity index (χ0n) is 17.4. The maximum absolute atomic E-state index is 12.6. The summed E-state index contributed by atoms with van der Waals surface area (Å²) < 4.78 is 0. The molecule has 1 fully saturated rings. The summed E-state index contributed by atoms with van der Waals surface area (Å²) >= 11 is 0. The Bertz CT molecular complexity index is 929. The standard InChI is InChI=1S/C24H29N3O/c1-17-16-22(28)25-24(15-14-18-10-12-19(13-11-18)26(4)5)23(2,3)20-8-6-7-9-21(20)27(17)24/h6-15,17H,16H2,1-5H3,(H,25,28)/b15-14+/t17-,24+/m0/s1. The smallest absolute Gasteiger partial charge is 0.224 e. The first kappa shape index (κ1) is 18.6. The molecule has 0 aliphatic carbocycles. The lowest BCUT2D eigenvalue weighted by Crippen LogP contribution is -2.71. The van der Waals surface area contributed by atoms with Crippen LogP contribution in [0.2, 0.25) is 0 Å². The minimum Gasteiger partial charge on any atom is -0.378 e. The van der Waals surface area contributed by atoms with E-state index in [1.165, 1.54) is 16.9 Å². The molecule has 146 valence electrons. The quantitative estimate of drug-likeness (QED) is 0.875. The van der Waals surface area contributed by atoms with Gasteiger partial charge in [0.1, 0.15) is 5.66 Å².